The van der Waals surface area contributed by atoms with Gasteiger partial charge in [-0.3, -0.25) is 23.9 Å². The number of carbonyl (C=O) groups excluding carboxylic acids is 2. The summed E-state index contributed by atoms with van der Waals surface area (Å²) in [6.45, 7) is 4.49. The van der Waals surface area contributed by atoms with Gasteiger partial charge in [0.05, 0.1) is 11.4 Å². The summed E-state index contributed by atoms with van der Waals surface area (Å²) in [5.41, 5.74) is 5.80. The van der Waals surface area contributed by atoms with Crippen LogP contribution in [-0.2, 0) is 11.3 Å². The second kappa shape index (κ2) is 11.6. The quantitative estimate of drug-likeness (QED) is 0.404. The maximum atomic E-state index is 13.2. The van der Waals surface area contributed by atoms with Crippen LogP contribution in [0.25, 0.3) is 0 Å². The smallest absolute Gasteiger partial charge is 0.330 e. The van der Waals surface area contributed by atoms with Crippen molar-refractivity contribution in [2.75, 3.05) is 17.2 Å². The molecule has 0 fully saturated rings. The zero-order valence-electron chi connectivity index (χ0n) is 19.5. The zero-order valence-corrected chi connectivity index (χ0v) is 20.3. The summed E-state index contributed by atoms with van der Waals surface area (Å²) < 4.78 is 1.27. The Morgan fingerprint density at radius 1 is 1.09 bits per heavy atom. The van der Waals surface area contributed by atoms with Crippen LogP contribution in [-0.4, -0.2) is 27.8 Å². The Hall–Kier alpha value is -3.46. The Balaban J connectivity index is 1.86. The number of ketones is 1. The molecule has 0 saturated heterocycles. The number of anilines is 2. The van der Waals surface area contributed by atoms with Crippen molar-refractivity contribution in [3.05, 3.63) is 79.1 Å². The molecule has 9 heteroatoms. The Labute approximate surface area is 202 Å². The Morgan fingerprint density at radius 3 is 2.47 bits per heavy atom. The average molecular weight is 483 g/mol. The number of carbonyl (C=O) groups is 2. The number of benzene rings is 1. The molecule has 3 aromatic rings. The number of hydrogen-bond acceptors (Lipinski definition) is 6. The van der Waals surface area contributed by atoms with E-state index in [1.165, 1.54) is 20.8 Å². The third-order valence-corrected chi connectivity index (χ3v) is 6.40. The molecule has 8 nitrogen and oxygen atoms in total. The average Bonchev–Trinajstić information content (AvgIpc) is 3.34. The maximum absolute atomic E-state index is 13.2. The highest BCUT2D eigenvalue weighted by molar-refractivity contribution is 7.12. The minimum atomic E-state index is -0.696. The molecule has 0 aliphatic rings. The summed E-state index contributed by atoms with van der Waals surface area (Å²) in [7, 11) is 0. The first-order valence-corrected chi connectivity index (χ1v) is 12.2. The number of aromatic nitrogens is 2. The molecule has 0 aliphatic heterocycles. The van der Waals surface area contributed by atoms with Crippen molar-refractivity contribution < 1.29 is 9.59 Å². The second-order valence-electron chi connectivity index (χ2n) is 8.55. The van der Waals surface area contributed by atoms with E-state index in [2.05, 4.69) is 4.98 Å². The molecule has 0 bridgehead atoms. The molecule has 0 radical (unpaired) electrons. The molecule has 0 saturated carbocycles. The number of nitrogens with zero attached hydrogens (tertiary/aromatic N) is 2. The van der Waals surface area contributed by atoms with Crippen molar-refractivity contribution in [1.29, 1.82) is 0 Å². The van der Waals surface area contributed by atoms with E-state index in [1.807, 2.05) is 55.6 Å². The standard InChI is InChI=1S/C25H30N4O4S/c1-17(2)13-14-28(21(31)12-6-10-19(30)20-11-7-15-34-20)22-23(26)29(25(33)27-24(22)32)16-18-8-4-3-5-9-18/h3-5,7-9,11,15,17H,6,10,12-14,16,26H2,1-2H3,(H,27,32,33). The van der Waals surface area contributed by atoms with Crippen LogP contribution < -0.4 is 21.9 Å². The fraction of sp³-hybridized carbons (Fsp3) is 0.360. The molecule has 3 rings (SSSR count). The Bertz CT molecular complexity index is 1230. The van der Waals surface area contributed by atoms with Crippen molar-refractivity contribution in [1.82, 2.24) is 9.55 Å². The maximum Gasteiger partial charge on any atom is 0.330 e. The molecule has 1 amide bonds. The van der Waals surface area contributed by atoms with Crippen molar-refractivity contribution in [2.45, 2.75) is 46.1 Å². The highest BCUT2D eigenvalue weighted by atomic mass is 32.1. The molecular formula is C25H30N4O4S. The lowest BCUT2D eigenvalue weighted by Gasteiger charge is -2.25. The molecule has 0 unspecified atom stereocenters. The van der Waals surface area contributed by atoms with Gasteiger partial charge in [-0.1, -0.05) is 50.2 Å². The number of H-pyrrole nitrogens is 1. The number of nitrogens with two attached hydrogens (primary N) is 1. The number of amides is 1. The fourth-order valence-corrected chi connectivity index (χ4v) is 4.30. The van der Waals surface area contributed by atoms with Gasteiger partial charge in [0.1, 0.15) is 5.82 Å². The normalized spacial score (nSPS) is 11.0. The van der Waals surface area contributed by atoms with Gasteiger partial charge in [0, 0.05) is 19.4 Å². The summed E-state index contributed by atoms with van der Waals surface area (Å²) in [5, 5.41) is 1.84. The van der Waals surface area contributed by atoms with Crippen LogP contribution in [0.3, 0.4) is 0 Å². The number of hydrogen-bond donors (Lipinski definition) is 2. The Morgan fingerprint density at radius 2 is 1.82 bits per heavy atom. The van der Waals surface area contributed by atoms with E-state index in [4.69, 9.17) is 5.73 Å². The predicted octanol–water partition coefficient (Wildman–Crippen LogP) is 3.66. The number of aromatic amines is 1. The summed E-state index contributed by atoms with van der Waals surface area (Å²) in [6, 6.07) is 12.8. The van der Waals surface area contributed by atoms with Gasteiger partial charge in [0.2, 0.25) is 5.91 Å². The lowest BCUT2D eigenvalue weighted by Crippen LogP contribution is -2.42. The first-order chi connectivity index (χ1) is 16.3. The van der Waals surface area contributed by atoms with E-state index in [9.17, 15) is 19.2 Å². The van der Waals surface area contributed by atoms with Crippen molar-refractivity contribution >= 4 is 34.5 Å². The van der Waals surface area contributed by atoms with Crippen LogP contribution in [0.2, 0.25) is 0 Å². The third kappa shape index (κ3) is 6.32. The van der Waals surface area contributed by atoms with E-state index in [1.54, 1.807) is 6.07 Å². The third-order valence-electron chi connectivity index (χ3n) is 5.49. The number of thiophene rings is 1. The first kappa shape index (κ1) is 25.2. The van der Waals surface area contributed by atoms with Gasteiger partial charge < -0.3 is 10.6 Å². The van der Waals surface area contributed by atoms with E-state index in [0.29, 0.717) is 17.7 Å². The molecule has 2 aromatic heterocycles. The van der Waals surface area contributed by atoms with E-state index >= 15 is 0 Å². The van der Waals surface area contributed by atoms with Crippen LogP contribution in [0.5, 0.6) is 0 Å². The van der Waals surface area contributed by atoms with Crippen LogP contribution in [0.15, 0.2) is 57.4 Å². The molecule has 180 valence electrons. The molecule has 0 atom stereocenters. The highest BCUT2D eigenvalue weighted by Gasteiger charge is 2.24. The van der Waals surface area contributed by atoms with Gasteiger partial charge in [0.15, 0.2) is 11.5 Å². The van der Waals surface area contributed by atoms with Crippen LogP contribution in [0, 0.1) is 5.92 Å². The molecule has 1 aromatic carbocycles. The molecule has 34 heavy (non-hydrogen) atoms. The van der Waals surface area contributed by atoms with E-state index < -0.39 is 11.2 Å². The van der Waals surface area contributed by atoms with Gasteiger partial charge in [-0.05, 0) is 35.8 Å². The monoisotopic (exact) mass is 482 g/mol. The lowest BCUT2D eigenvalue weighted by molar-refractivity contribution is -0.118. The summed E-state index contributed by atoms with van der Waals surface area (Å²) in [6.07, 6.45) is 1.33. The van der Waals surface area contributed by atoms with E-state index in [-0.39, 0.29) is 55.0 Å². The van der Waals surface area contributed by atoms with Gasteiger partial charge in [-0.25, -0.2) is 4.79 Å². The van der Waals surface area contributed by atoms with Crippen molar-refractivity contribution in [2.24, 2.45) is 5.92 Å². The van der Waals surface area contributed by atoms with Crippen LogP contribution in [0.1, 0.15) is 54.8 Å². The summed E-state index contributed by atoms with van der Waals surface area (Å²) in [4.78, 5) is 55.1. The molecule has 3 N–H and O–H groups in total. The number of Topliss-reactive ketones (excluding diaryl/α,β-unsaturated/α-hetero) is 1. The van der Waals surface area contributed by atoms with Crippen LogP contribution >= 0.6 is 11.3 Å². The minimum Gasteiger partial charge on any atom is -0.383 e. The molecular weight excluding hydrogens is 452 g/mol. The Kier molecular flexibility index (Phi) is 8.59. The first-order valence-electron chi connectivity index (χ1n) is 11.3. The second-order valence-corrected chi connectivity index (χ2v) is 9.49. The predicted molar refractivity (Wildman–Crippen MR) is 136 cm³/mol. The van der Waals surface area contributed by atoms with E-state index in [0.717, 1.165) is 5.56 Å². The van der Waals surface area contributed by atoms with Gasteiger partial charge in [0.25, 0.3) is 5.56 Å². The molecule has 0 spiro atoms. The SMILES string of the molecule is CC(C)CCN(C(=O)CCCC(=O)c1cccs1)c1c(N)n(Cc2ccccc2)c(=O)[nH]c1=O. The highest BCUT2D eigenvalue weighted by Crippen LogP contribution is 2.21. The van der Waals surface area contributed by atoms with Gasteiger partial charge >= 0.3 is 5.69 Å². The van der Waals surface area contributed by atoms with Gasteiger partial charge in [-0.15, -0.1) is 11.3 Å². The number of nitrogen functional groups attached to an aromatic ring is 1. The minimum absolute atomic E-state index is 0.00898. The van der Waals surface area contributed by atoms with Gasteiger partial charge in [-0.2, -0.15) is 0 Å². The van der Waals surface area contributed by atoms with Crippen LogP contribution in [0.4, 0.5) is 11.5 Å². The number of rotatable bonds is 11. The zero-order chi connectivity index (χ0) is 24.7. The molecule has 2 heterocycles. The lowest BCUT2D eigenvalue weighted by atomic mass is 10.1. The van der Waals surface area contributed by atoms with Crippen molar-refractivity contribution in [3.8, 4) is 0 Å². The summed E-state index contributed by atoms with van der Waals surface area (Å²) in [5.74, 6) is -0.0809. The fourth-order valence-electron chi connectivity index (χ4n) is 3.61. The topological polar surface area (TPSA) is 118 Å². The summed E-state index contributed by atoms with van der Waals surface area (Å²) >= 11 is 1.37. The largest absolute Gasteiger partial charge is 0.383 e. The molecule has 0 aliphatic carbocycles. The number of nitrogens with one attached hydrogen (secondary N) is 1. The van der Waals surface area contributed by atoms with Crippen molar-refractivity contribution in [3.63, 3.8) is 0 Å².